The van der Waals surface area contributed by atoms with Crippen LogP contribution in [0.5, 0.6) is 0 Å². The Morgan fingerprint density at radius 1 is 1.43 bits per heavy atom. The van der Waals surface area contributed by atoms with E-state index < -0.39 is 0 Å². The van der Waals surface area contributed by atoms with E-state index in [4.69, 9.17) is 0 Å². The number of aryl methyl sites for hydroxylation is 1. The molecule has 0 saturated carbocycles. The van der Waals surface area contributed by atoms with E-state index in [1.807, 2.05) is 12.1 Å². The maximum Gasteiger partial charge on any atom is 0.203 e. The second-order valence-electron chi connectivity index (χ2n) is 2.80. The Bertz CT molecular complexity index is 449. The van der Waals surface area contributed by atoms with E-state index in [2.05, 4.69) is 60.9 Å². The molecule has 1 heterocycles. The van der Waals surface area contributed by atoms with E-state index in [0.717, 1.165) is 18.9 Å². The quantitative estimate of drug-likeness (QED) is 0.701. The molecule has 1 aromatic carbocycles. The first-order valence-corrected chi connectivity index (χ1v) is 6.57. The van der Waals surface area contributed by atoms with Crippen molar-refractivity contribution in [3.63, 3.8) is 0 Å². The summed E-state index contributed by atoms with van der Waals surface area (Å²) < 4.78 is 6.05. The van der Waals surface area contributed by atoms with Gasteiger partial charge in [0.25, 0.3) is 0 Å². The van der Waals surface area contributed by atoms with Crippen LogP contribution in [0, 0.1) is 10.8 Å². The average molecular weight is 381 g/mol. The van der Waals surface area contributed by atoms with Crippen molar-refractivity contribution in [2.75, 3.05) is 0 Å². The topological polar surface area (TPSA) is 25.8 Å². The van der Waals surface area contributed by atoms with Gasteiger partial charge in [-0.2, -0.15) is 4.37 Å². The normalized spacial score (nSPS) is 10.5. The highest BCUT2D eigenvalue weighted by atomic mass is 127. The molecule has 5 heteroatoms. The summed E-state index contributed by atoms with van der Waals surface area (Å²) in [5.74, 6) is 0. The molecule has 0 aliphatic rings. The summed E-state index contributed by atoms with van der Waals surface area (Å²) in [4.78, 5) is 4.37. The number of aromatic nitrogens is 2. The van der Waals surface area contributed by atoms with Crippen molar-refractivity contribution < 1.29 is 0 Å². The van der Waals surface area contributed by atoms with Crippen LogP contribution in [0.15, 0.2) is 22.7 Å². The predicted molar refractivity (Wildman–Crippen MR) is 70.5 cm³/mol. The van der Waals surface area contributed by atoms with Gasteiger partial charge in [-0.1, -0.05) is 28.1 Å². The number of hydrogen-bond donors (Lipinski definition) is 0. The standard InChI is InChI=1S/C9H6BrIN2S/c1-5-3-2-4-6(10)7(5)8-12-9(11)13-14-8/h2-4H,1H3. The molecule has 2 rings (SSSR count). The summed E-state index contributed by atoms with van der Waals surface area (Å²) in [6, 6.07) is 6.12. The summed E-state index contributed by atoms with van der Waals surface area (Å²) >= 11 is 7.09. The third kappa shape index (κ3) is 1.99. The highest BCUT2D eigenvalue weighted by molar-refractivity contribution is 14.1. The van der Waals surface area contributed by atoms with Crippen molar-refractivity contribution in [3.05, 3.63) is 32.1 Å². The number of benzene rings is 1. The predicted octanol–water partition coefficient (Wildman–Crippen LogP) is 3.88. The molecule has 0 fully saturated rings. The maximum atomic E-state index is 4.37. The van der Waals surface area contributed by atoms with Crippen molar-refractivity contribution >= 4 is 50.1 Å². The Morgan fingerprint density at radius 2 is 2.21 bits per heavy atom. The van der Waals surface area contributed by atoms with Gasteiger partial charge in [0.2, 0.25) is 3.83 Å². The molecule has 14 heavy (non-hydrogen) atoms. The first-order valence-electron chi connectivity index (χ1n) is 3.93. The molecular weight excluding hydrogens is 375 g/mol. The zero-order valence-electron chi connectivity index (χ0n) is 7.29. The van der Waals surface area contributed by atoms with Crippen LogP contribution in [0.4, 0.5) is 0 Å². The Morgan fingerprint density at radius 3 is 2.79 bits per heavy atom. The lowest BCUT2D eigenvalue weighted by Gasteiger charge is -2.03. The van der Waals surface area contributed by atoms with Crippen LogP contribution in [-0.4, -0.2) is 9.36 Å². The van der Waals surface area contributed by atoms with Gasteiger partial charge in [0.05, 0.1) is 0 Å². The van der Waals surface area contributed by atoms with Crippen LogP contribution in [0.3, 0.4) is 0 Å². The minimum Gasteiger partial charge on any atom is -0.210 e. The molecule has 0 bridgehead atoms. The van der Waals surface area contributed by atoms with Crippen LogP contribution in [0.1, 0.15) is 5.56 Å². The molecule has 0 N–H and O–H groups in total. The number of halogens is 2. The van der Waals surface area contributed by atoms with Gasteiger partial charge in [-0.25, -0.2) is 4.98 Å². The smallest absolute Gasteiger partial charge is 0.203 e. The molecule has 0 unspecified atom stereocenters. The van der Waals surface area contributed by atoms with Gasteiger partial charge in [-0.15, -0.1) is 0 Å². The summed E-state index contributed by atoms with van der Waals surface area (Å²) in [6.07, 6.45) is 0. The second-order valence-corrected chi connectivity index (χ2v) is 5.37. The summed E-state index contributed by atoms with van der Waals surface area (Å²) in [6.45, 7) is 2.08. The van der Waals surface area contributed by atoms with Crippen molar-refractivity contribution in [1.82, 2.24) is 9.36 Å². The fourth-order valence-electron chi connectivity index (χ4n) is 1.21. The molecule has 72 valence electrons. The van der Waals surface area contributed by atoms with Gasteiger partial charge >= 0.3 is 0 Å². The van der Waals surface area contributed by atoms with Crippen LogP contribution in [0.25, 0.3) is 10.6 Å². The van der Waals surface area contributed by atoms with Crippen molar-refractivity contribution in [3.8, 4) is 10.6 Å². The maximum absolute atomic E-state index is 4.37. The summed E-state index contributed by atoms with van der Waals surface area (Å²) in [7, 11) is 0. The van der Waals surface area contributed by atoms with E-state index >= 15 is 0 Å². The lowest BCUT2D eigenvalue weighted by Crippen LogP contribution is -1.84. The van der Waals surface area contributed by atoms with Gasteiger partial charge in [-0.3, -0.25) is 0 Å². The zero-order chi connectivity index (χ0) is 10.1. The largest absolute Gasteiger partial charge is 0.210 e. The summed E-state index contributed by atoms with van der Waals surface area (Å²) in [5, 5.41) is 0.972. The second kappa shape index (κ2) is 4.24. The molecule has 0 radical (unpaired) electrons. The molecule has 0 aliphatic carbocycles. The molecule has 0 aliphatic heterocycles. The van der Waals surface area contributed by atoms with E-state index in [9.17, 15) is 0 Å². The first kappa shape index (κ1) is 10.5. The van der Waals surface area contributed by atoms with E-state index in [1.54, 1.807) is 0 Å². The Labute approximate surface area is 108 Å². The van der Waals surface area contributed by atoms with E-state index in [-0.39, 0.29) is 0 Å². The fourth-order valence-corrected chi connectivity index (χ4v) is 3.39. The molecule has 0 amide bonds. The molecule has 0 saturated heterocycles. The Hall–Kier alpha value is -0.0100. The molecule has 0 spiro atoms. The van der Waals surface area contributed by atoms with Crippen molar-refractivity contribution in [2.45, 2.75) is 6.92 Å². The number of nitrogens with zero attached hydrogens (tertiary/aromatic N) is 2. The van der Waals surface area contributed by atoms with E-state index in [1.165, 1.54) is 17.1 Å². The lowest BCUT2D eigenvalue weighted by molar-refractivity contribution is 1.25. The molecular formula is C9H6BrIN2S. The highest BCUT2D eigenvalue weighted by Crippen LogP contribution is 2.32. The Balaban J connectivity index is 2.61. The van der Waals surface area contributed by atoms with Gasteiger partial charge in [0.15, 0.2) is 0 Å². The molecule has 2 aromatic rings. The fraction of sp³-hybridized carbons (Fsp3) is 0.111. The highest BCUT2D eigenvalue weighted by Gasteiger charge is 2.10. The van der Waals surface area contributed by atoms with Crippen LogP contribution in [0.2, 0.25) is 0 Å². The molecule has 1 aromatic heterocycles. The van der Waals surface area contributed by atoms with Crippen LogP contribution in [-0.2, 0) is 0 Å². The number of rotatable bonds is 1. The van der Waals surface area contributed by atoms with Gasteiger partial charge < -0.3 is 0 Å². The molecule has 0 atom stereocenters. The zero-order valence-corrected chi connectivity index (χ0v) is 11.9. The van der Waals surface area contributed by atoms with Gasteiger partial charge in [0, 0.05) is 32.6 Å². The minimum atomic E-state index is 0.803. The average Bonchev–Trinajstić information content (AvgIpc) is 2.51. The Kier molecular flexibility index (Phi) is 3.18. The lowest BCUT2D eigenvalue weighted by atomic mass is 10.1. The van der Waals surface area contributed by atoms with Crippen LogP contribution >= 0.6 is 50.1 Å². The van der Waals surface area contributed by atoms with E-state index in [0.29, 0.717) is 0 Å². The third-order valence-electron chi connectivity index (χ3n) is 1.84. The summed E-state index contributed by atoms with van der Waals surface area (Å²) in [5.41, 5.74) is 2.36. The SMILES string of the molecule is Cc1cccc(Br)c1-c1nc(I)ns1. The monoisotopic (exact) mass is 380 g/mol. The molecule has 2 nitrogen and oxygen atoms in total. The van der Waals surface area contributed by atoms with Gasteiger partial charge in [0.1, 0.15) is 5.01 Å². The first-order chi connectivity index (χ1) is 6.68. The third-order valence-corrected chi connectivity index (χ3v) is 4.04. The van der Waals surface area contributed by atoms with Crippen LogP contribution < -0.4 is 0 Å². The van der Waals surface area contributed by atoms with Gasteiger partial charge in [-0.05, 0) is 30.1 Å². The number of hydrogen-bond acceptors (Lipinski definition) is 3. The van der Waals surface area contributed by atoms with Crippen molar-refractivity contribution in [2.24, 2.45) is 0 Å². The van der Waals surface area contributed by atoms with Crippen molar-refractivity contribution in [1.29, 1.82) is 0 Å². The minimum absolute atomic E-state index is 0.803.